The fourth-order valence-corrected chi connectivity index (χ4v) is 4.18. The van der Waals surface area contributed by atoms with E-state index in [0.717, 1.165) is 37.6 Å². The summed E-state index contributed by atoms with van der Waals surface area (Å²) in [5.41, 5.74) is 5.24. The van der Waals surface area contributed by atoms with Crippen LogP contribution in [-0.4, -0.2) is 30.2 Å². The summed E-state index contributed by atoms with van der Waals surface area (Å²) in [7, 11) is 3.42. The summed E-state index contributed by atoms with van der Waals surface area (Å²) in [4.78, 5) is 2.58. The van der Waals surface area contributed by atoms with Gasteiger partial charge in [-0.1, -0.05) is 24.3 Å². The molecule has 1 aliphatic rings. The van der Waals surface area contributed by atoms with E-state index in [9.17, 15) is 0 Å². The van der Waals surface area contributed by atoms with Gasteiger partial charge in [0.15, 0.2) is 0 Å². The van der Waals surface area contributed by atoms with Gasteiger partial charge in [0.25, 0.3) is 0 Å². The minimum atomic E-state index is 0.154. The summed E-state index contributed by atoms with van der Waals surface area (Å²) in [5.74, 6) is 1.65. The van der Waals surface area contributed by atoms with Gasteiger partial charge in [-0.05, 0) is 54.3 Å². The molecular formula is C24H28N2O2. The van der Waals surface area contributed by atoms with Crippen LogP contribution in [0.4, 0.5) is 0 Å². The third kappa shape index (κ3) is 3.65. The van der Waals surface area contributed by atoms with Crippen molar-refractivity contribution in [3.63, 3.8) is 0 Å². The summed E-state index contributed by atoms with van der Waals surface area (Å²) in [6.45, 7) is 5.20. The Hall–Kier alpha value is -2.72. The normalized spacial score (nSPS) is 17.0. The molecule has 0 bridgehead atoms. The average molecular weight is 377 g/mol. The lowest BCUT2D eigenvalue weighted by Crippen LogP contribution is -2.29. The molecule has 28 heavy (non-hydrogen) atoms. The van der Waals surface area contributed by atoms with Crippen molar-refractivity contribution in [2.75, 3.05) is 20.8 Å². The zero-order valence-corrected chi connectivity index (χ0v) is 16.9. The Bertz CT molecular complexity index is 925. The molecule has 1 aliphatic heterocycles. The number of fused-ring (bicyclic) bond motifs is 1. The van der Waals surface area contributed by atoms with Gasteiger partial charge >= 0.3 is 0 Å². The number of aryl methyl sites for hydroxylation is 2. The van der Waals surface area contributed by atoms with E-state index in [1.807, 2.05) is 6.07 Å². The molecule has 4 heteroatoms. The lowest BCUT2D eigenvalue weighted by molar-refractivity contribution is 0.219. The summed E-state index contributed by atoms with van der Waals surface area (Å²) >= 11 is 0. The standard InChI is InChI=1S/C24H28N2O2/c1-18-8-4-5-9-19(18)17-26-13-7-12-25-11-6-10-23(25)24(26)20-14-21(27-2)16-22(15-20)28-3/h4-6,8-11,14-16,24H,7,12-13,17H2,1-3H3/t24-/m0/s1. The van der Waals surface area contributed by atoms with Crippen molar-refractivity contribution in [2.24, 2.45) is 0 Å². The predicted molar refractivity (Wildman–Crippen MR) is 112 cm³/mol. The summed E-state index contributed by atoms with van der Waals surface area (Å²) in [6.07, 6.45) is 3.32. The Morgan fingerprint density at radius 3 is 2.39 bits per heavy atom. The van der Waals surface area contributed by atoms with E-state index in [-0.39, 0.29) is 6.04 Å². The number of hydrogen-bond donors (Lipinski definition) is 0. The van der Waals surface area contributed by atoms with Gasteiger partial charge < -0.3 is 14.0 Å². The van der Waals surface area contributed by atoms with Crippen molar-refractivity contribution in [3.8, 4) is 11.5 Å². The molecule has 0 aliphatic carbocycles. The molecule has 1 atom stereocenters. The van der Waals surface area contributed by atoms with Gasteiger partial charge in [-0.3, -0.25) is 4.90 Å². The van der Waals surface area contributed by atoms with E-state index < -0.39 is 0 Å². The molecule has 0 N–H and O–H groups in total. The Balaban J connectivity index is 1.80. The monoisotopic (exact) mass is 376 g/mol. The molecule has 2 heterocycles. The maximum atomic E-state index is 5.56. The first-order valence-electron chi connectivity index (χ1n) is 9.86. The molecule has 0 saturated carbocycles. The highest BCUT2D eigenvalue weighted by Gasteiger charge is 2.28. The number of rotatable bonds is 5. The van der Waals surface area contributed by atoms with Crippen LogP contribution >= 0.6 is 0 Å². The van der Waals surface area contributed by atoms with Crippen molar-refractivity contribution in [3.05, 3.63) is 83.2 Å². The number of ether oxygens (including phenoxy) is 2. The highest BCUT2D eigenvalue weighted by Crippen LogP contribution is 2.36. The highest BCUT2D eigenvalue weighted by atomic mass is 16.5. The van der Waals surface area contributed by atoms with Crippen LogP contribution in [0.3, 0.4) is 0 Å². The second kappa shape index (κ2) is 8.11. The number of aromatic nitrogens is 1. The summed E-state index contributed by atoms with van der Waals surface area (Å²) < 4.78 is 13.5. The largest absolute Gasteiger partial charge is 0.497 e. The van der Waals surface area contributed by atoms with Gasteiger partial charge in [-0.15, -0.1) is 0 Å². The molecule has 0 fully saturated rings. The predicted octanol–water partition coefficient (Wildman–Crippen LogP) is 4.81. The molecule has 0 radical (unpaired) electrons. The van der Waals surface area contributed by atoms with Crippen LogP contribution in [0.25, 0.3) is 0 Å². The van der Waals surface area contributed by atoms with Gasteiger partial charge in [0, 0.05) is 37.6 Å². The lowest BCUT2D eigenvalue weighted by Gasteiger charge is -2.31. The second-order valence-electron chi connectivity index (χ2n) is 7.43. The molecule has 4 nitrogen and oxygen atoms in total. The number of benzene rings is 2. The molecule has 0 saturated heterocycles. The Morgan fingerprint density at radius 2 is 1.68 bits per heavy atom. The van der Waals surface area contributed by atoms with Gasteiger partial charge in [0.05, 0.1) is 20.3 Å². The first-order valence-corrected chi connectivity index (χ1v) is 9.86. The molecule has 1 aromatic heterocycles. The number of methoxy groups -OCH3 is 2. The van der Waals surface area contributed by atoms with Gasteiger partial charge in [-0.25, -0.2) is 0 Å². The van der Waals surface area contributed by atoms with E-state index in [4.69, 9.17) is 9.47 Å². The SMILES string of the molecule is COc1cc(OC)cc([C@H]2c3cccn3CCCN2Cc2ccccc2C)c1. The van der Waals surface area contributed by atoms with E-state index in [1.165, 1.54) is 22.4 Å². The smallest absolute Gasteiger partial charge is 0.122 e. The van der Waals surface area contributed by atoms with Crippen LogP contribution in [-0.2, 0) is 13.1 Å². The van der Waals surface area contributed by atoms with Gasteiger partial charge in [0.1, 0.15) is 11.5 Å². The van der Waals surface area contributed by atoms with Crippen LogP contribution in [0.5, 0.6) is 11.5 Å². The third-order valence-corrected chi connectivity index (χ3v) is 5.68. The van der Waals surface area contributed by atoms with E-state index in [2.05, 4.69) is 71.1 Å². The number of hydrogen-bond acceptors (Lipinski definition) is 3. The van der Waals surface area contributed by atoms with Crippen molar-refractivity contribution >= 4 is 0 Å². The van der Waals surface area contributed by atoms with Crippen molar-refractivity contribution < 1.29 is 9.47 Å². The molecule has 2 aromatic carbocycles. The number of nitrogens with zero attached hydrogens (tertiary/aromatic N) is 2. The minimum absolute atomic E-state index is 0.154. The Labute approximate surface area is 167 Å². The van der Waals surface area contributed by atoms with Crippen molar-refractivity contribution in [2.45, 2.75) is 32.5 Å². The molecule has 0 amide bonds. The van der Waals surface area contributed by atoms with Crippen molar-refractivity contribution in [1.82, 2.24) is 9.47 Å². The molecule has 4 rings (SSSR count). The Morgan fingerprint density at radius 1 is 0.929 bits per heavy atom. The summed E-state index contributed by atoms with van der Waals surface area (Å²) in [5, 5.41) is 0. The topological polar surface area (TPSA) is 26.6 Å². The zero-order valence-electron chi connectivity index (χ0n) is 16.9. The maximum Gasteiger partial charge on any atom is 0.122 e. The van der Waals surface area contributed by atoms with Crippen LogP contribution < -0.4 is 9.47 Å². The molecule has 3 aromatic rings. The third-order valence-electron chi connectivity index (χ3n) is 5.68. The highest BCUT2D eigenvalue weighted by molar-refractivity contribution is 5.43. The fraction of sp³-hybridized carbons (Fsp3) is 0.333. The lowest BCUT2D eigenvalue weighted by atomic mass is 9.99. The van der Waals surface area contributed by atoms with Crippen LogP contribution in [0.2, 0.25) is 0 Å². The first kappa shape index (κ1) is 18.6. The average Bonchev–Trinajstić information content (AvgIpc) is 3.10. The quantitative estimate of drug-likeness (QED) is 0.639. The molecule has 0 unspecified atom stereocenters. The zero-order chi connectivity index (χ0) is 19.5. The van der Waals surface area contributed by atoms with Gasteiger partial charge in [0.2, 0.25) is 0 Å². The van der Waals surface area contributed by atoms with Crippen LogP contribution in [0.1, 0.15) is 34.8 Å². The summed E-state index contributed by atoms with van der Waals surface area (Å²) in [6, 6.07) is 19.4. The molecule has 146 valence electrons. The van der Waals surface area contributed by atoms with E-state index in [0.29, 0.717) is 0 Å². The van der Waals surface area contributed by atoms with E-state index in [1.54, 1.807) is 14.2 Å². The van der Waals surface area contributed by atoms with Crippen LogP contribution in [0.15, 0.2) is 60.8 Å². The van der Waals surface area contributed by atoms with Crippen LogP contribution in [0, 0.1) is 6.92 Å². The molecule has 0 spiro atoms. The fourth-order valence-electron chi connectivity index (χ4n) is 4.18. The Kier molecular flexibility index (Phi) is 5.40. The van der Waals surface area contributed by atoms with Gasteiger partial charge in [-0.2, -0.15) is 0 Å². The maximum absolute atomic E-state index is 5.56. The minimum Gasteiger partial charge on any atom is -0.497 e. The molecular weight excluding hydrogens is 348 g/mol. The van der Waals surface area contributed by atoms with E-state index >= 15 is 0 Å². The first-order chi connectivity index (χ1) is 13.7. The van der Waals surface area contributed by atoms with Crippen molar-refractivity contribution in [1.29, 1.82) is 0 Å². The second-order valence-corrected chi connectivity index (χ2v) is 7.43.